The molecule has 1 rings (SSSR count). The number of esters is 1. The van der Waals surface area contributed by atoms with Crippen LogP contribution in [0.2, 0.25) is 0 Å². The molecule has 10 nitrogen and oxygen atoms in total. The van der Waals surface area contributed by atoms with Gasteiger partial charge in [-0.15, -0.1) is 0 Å². The molecule has 0 aliphatic carbocycles. The Hall–Kier alpha value is -1.19. The number of nitrogens with zero attached hydrogens (tertiary/aromatic N) is 2. The Balaban J connectivity index is 0. The van der Waals surface area contributed by atoms with E-state index in [-0.39, 0.29) is 35.3 Å². The number of nitrogens with one attached hydrogen (secondary N) is 1. The van der Waals surface area contributed by atoms with Gasteiger partial charge in [-0.1, -0.05) is 0 Å². The van der Waals surface area contributed by atoms with Crippen LogP contribution in [0.15, 0.2) is 0 Å². The van der Waals surface area contributed by atoms with Crippen molar-refractivity contribution in [2.75, 3.05) is 7.11 Å². The van der Waals surface area contributed by atoms with Gasteiger partial charge in [0, 0.05) is 0 Å². The van der Waals surface area contributed by atoms with Crippen molar-refractivity contribution in [1.82, 2.24) is 9.62 Å². The summed E-state index contributed by atoms with van der Waals surface area (Å²) in [5, 5.41) is 10.3. The smallest absolute Gasteiger partial charge is 1.00 e. The van der Waals surface area contributed by atoms with Crippen LogP contribution in [0.3, 0.4) is 0 Å². The Morgan fingerprint density at radius 3 is 2.55 bits per heavy atom. The summed E-state index contributed by atoms with van der Waals surface area (Å²) in [5.41, 5.74) is 0. The summed E-state index contributed by atoms with van der Waals surface area (Å²) in [6, 6.07) is -1.66. The Morgan fingerprint density at radius 1 is 1.60 bits per heavy atom. The molecule has 12 heteroatoms. The molecule has 1 aliphatic heterocycles. The van der Waals surface area contributed by atoms with Gasteiger partial charge in [0.25, 0.3) is 5.91 Å². The summed E-state index contributed by atoms with van der Waals surface area (Å²) < 4.78 is 34.8. The number of amides is 2. The number of hydrogen-bond acceptors (Lipinski definition) is 7. The van der Waals surface area contributed by atoms with E-state index in [1.807, 2.05) is 5.32 Å². The van der Waals surface area contributed by atoms with Crippen molar-refractivity contribution in [3.05, 3.63) is 0 Å². The predicted octanol–water partition coefficient (Wildman–Crippen LogP) is -5.31. The Bertz CT molecular complexity index is 575. The van der Waals surface area contributed by atoms with Crippen LogP contribution in [0, 0.1) is 11.3 Å². The van der Waals surface area contributed by atoms with Crippen molar-refractivity contribution in [1.29, 1.82) is 5.26 Å². The third-order valence-electron chi connectivity index (χ3n) is 2.30. The van der Waals surface area contributed by atoms with E-state index in [1.54, 1.807) is 0 Å². The molecule has 1 saturated heterocycles. The second-order valence-corrected chi connectivity index (χ2v) is 4.75. The van der Waals surface area contributed by atoms with Crippen LogP contribution < -0.4 is 34.9 Å². The summed E-state index contributed by atoms with van der Waals surface area (Å²) in [6.45, 7) is 0. The maximum Gasteiger partial charge on any atom is 1.00 e. The van der Waals surface area contributed by atoms with E-state index in [0.717, 1.165) is 7.11 Å². The minimum Gasteiger partial charge on any atom is -1.00 e. The van der Waals surface area contributed by atoms with Crippen LogP contribution in [-0.2, 0) is 29.4 Å². The molecule has 2 N–H and O–H groups in total. The monoisotopic (exact) mass is 315 g/mol. The quantitative estimate of drug-likeness (QED) is 0.226. The summed E-state index contributed by atoms with van der Waals surface area (Å²) in [5.74, 6) is -3.17. The zero-order chi connectivity index (χ0) is 14.8. The number of nitriles is 1. The van der Waals surface area contributed by atoms with Gasteiger partial charge in [-0.05, 0) is 0 Å². The van der Waals surface area contributed by atoms with Crippen LogP contribution in [0.4, 0.5) is 0 Å². The van der Waals surface area contributed by atoms with Gasteiger partial charge < -0.3 is 11.5 Å². The largest absolute Gasteiger partial charge is 1.00 e. The van der Waals surface area contributed by atoms with E-state index in [4.69, 9.17) is 9.81 Å². The molecule has 1 fully saturated rings. The number of carbonyl (C=O) groups is 3. The maximum absolute atomic E-state index is 11.5. The first-order valence-electron chi connectivity index (χ1n) is 4.79. The number of hydrogen-bond donors (Lipinski definition) is 2. The SMILES string of the molecule is COC(=O)C1C(NC(=O)CC#N)C(=O)N1S(=O)(=O)O.[H-].[Na+]. The second kappa shape index (κ2) is 7.00. The van der Waals surface area contributed by atoms with Crippen molar-refractivity contribution in [2.45, 2.75) is 18.5 Å². The standard InChI is InChI=1S/C8H9N3O7S.Na.H/c1-18-8(14)6-5(10-4(12)2-3-9)7(13)11(6)19(15,16)17;;/h5-6H,2H2,1H3,(H,10,12)(H,15,16,17);;/q;+1;-1. The normalized spacial score (nSPS) is 21.1. The third-order valence-corrected chi connectivity index (χ3v) is 3.20. The first kappa shape index (κ1) is 18.8. The molecule has 1 aliphatic rings. The zero-order valence-electron chi connectivity index (χ0n) is 11.6. The minimum atomic E-state index is -4.93. The molecule has 0 aromatic heterocycles. The molecule has 0 aromatic carbocycles. The molecular formula is C8H10N3NaO7S. The molecule has 2 amide bonds. The number of ether oxygens (including phenoxy) is 1. The van der Waals surface area contributed by atoms with Crippen molar-refractivity contribution in [3.8, 4) is 6.07 Å². The van der Waals surface area contributed by atoms with E-state index >= 15 is 0 Å². The first-order chi connectivity index (χ1) is 8.73. The molecule has 106 valence electrons. The zero-order valence-corrected chi connectivity index (χ0v) is 13.4. The number of carbonyl (C=O) groups excluding carboxylic acids is 3. The van der Waals surface area contributed by atoms with Gasteiger partial charge in [-0.3, -0.25) is 14.1 Å². The molecular weight excluding hydrogens is 305 g/mol. The molecule has 2 unspecified atom stereocenters. The number of rotatable bonds is 4. The maximum atomic E-state index is 11.5. The van der Waals surface area contributed by atoms with Crippen LogP contribution in [0.5, 0.6) is 0 Å². The predicted molar refractivity (Wildman–Crippen MR) is 57.5 cm³/mol. The van der Waals surface area contributed by atoms with Crippen molar-refractivity contribution in [3.63, 3.8) is 0 Å². The van der Waals surface area contributed by atoms with Gasteiger partial charge in [0.05, 0.1) is 13.2 Å². The molecule has 0 saturated carbocycles. The van der Waals surface area contributed by atoms with E-state index in [0.29, 0.717) is 0 Å². The van der Waals surface area contributed by atoms with E-state index in [2.05, 4.69) is 4.74 Å². The summed E-state index contributed by atoms with van der Waals surface area (Å²) >= 11 is 0. The average molecular weight is 315 g/mol. The number of β-lactam (4-membered cyclic amide) rings is 1. The van der Waals surface area contributed by atoms with Gasteiger partial charge in [0.1, 0.15) is 12.5 Å². The third kappa shape index (κ3) is 3.68. The van der Waals surface area contributed by atoms with Crippen LogP contribution in [0.25, 0.3) is 0 Å². The molecule has 20 heavy (non-hydrogen) atoms. The first-order valence-corrected chi connectivity index (χ1v) is 6.18. The minimum absolute atomic E-state index is 0. The second-order valence-electron chi connectivity index (χ2n) is 3.46. The molecule has 0 spiro atoms. The Kier molecular flexibility index (Phi) is 6.59. The fourth-order valence-electron chi connectivity index (χ4n) is 1.51. The molecule has 2 atom stereocenters. The van der Waals surface area contributed by atoms with E-state index in [1.165, 1.54) is 6.07 Å². The fraction of sp³-hybridized carbons (Fsp3) is 0.500. The summed E-state index contributed by atoms with van der Waals surface area (Å²) in [7, 11) is -3.99. The molecule has 0 radical (unpaired) electrons. The molecule has 0 bridgehead atoms. The Morgan fingerprint density at radius 2 is 2.15 bits per heavy atom. The van der Waals surface area contributed by atoms with Crippen molar-refractivity contribution >= 4 is 28.1 Å². The Labute approximate surface area is 137 Å². The van der Waals surface area contributed by atoms with Gasteiger partial charge >= 0.3 is 45.8 Å². The van der Waals surface area contributed by atoms with Crippen LogP contribution in [0.1, 0.15) is 7.85 Å². The van der Waals surface area contributed by atoms with Gasteiger partial charge in [0.2, 0.25) is 5.91 Å². The molecule has 0 aromatic rings. The van der Waals surface area contributed by atoms with E-state index in [9.17, 15) is 22.8 Å². The summed E-state index contributed by atoms with van der Waals surface area (Å²) in [6.07, 6.45) is -0.566. The van der Waals surface area contributed by atoms with Crippen molar-refractivity contribution < 1.29 is 63.1 Å². The van der Waals surface area contributed by atoms with Crippen LogP contribution >= 0.6 is 0 Å². The van der Waals surface area contributed by atoms with E-state index < -0.39 is 46.6 Å². The molecule has 1 heterocycles. The fourth-order valence-corrected chi connectivity index (χ4v) is 2.34. The topological polar surface area (TPSA) is 154 Å². The average Bonchev–Trinajstić information content (AvgIpc) is 2.30. The summed E-state index contributed by atoms with van der Waals surface area (Å²) in [4.78, 5) is 33.9. The van der Waals surface area contributed by atoms with Gasteiger partial charge in [-0.25, -0.2) is 4.79 Å². The van der Waals surface area contributed by atoms with Gasteiger partial charge in [-0.2, -0.15) is 18.0 Å². The number of methoxy groups -OCH3 is 1. The van der Waals surface area contributed by atoms with Gasteiger partial charge in [0.15, 0.2) is 6.04 Å². The van der Waals surface area contributed by atoms with Crippen LogP contribution in [-0.4, -0.2) is 54.3 Å². The van der Waals surface area contributed by atoms with Crippen molar-refractivity contribution in [2.24, 2.45) is 0 Å².